The first-order chi connectivity index (χ1) is 16.5. The number of halogens is 1. The zero-order valence-electron chi connectivity index (χ0n) is 20.4. The van der Waals surface area contributed by atoms with Crippen LogP contribution in [0.15, 0.2) is 30.9 Å². The fourth-order valence-electron chi connectivity index (χ4n) is 5.49. The summed E-state index contributed by atoms with van der Waals surface area (Å²) in [6.07, 6.45) is 15.6. The molecule has 0 N–H and O–H groups in total. The Kier molecular flexibility index (Phi) is 10.4. The first-order valence-electron chi connectivity index (χ1n) is 12.9. The zero-order chi connectivity index (χ0) is 24.3. The highest BCUT2D eigenvalue weighted by atomic mass is 19.1. The van der Waals surface area contributed by atoms with Crippen molar-refractivity contribution in [3.05, 3.63) is 42.2 Å². The molecule has 0 aromatic heterocycles. The third-order valence-corrected chi connectivity index (χ3v) is 7.52. The molecule has 2 saturated carbocycles. The lowest BCUT2D eigenvalue weighted by molar-refractivity contribution is -0.144. The highest BCUT2D eigenvalue weighted by molar-refractivity contribution is 5.90. The first-order valence-corrected chi connectivity index (χ1v) is 12.9. The molecule has 0 atom stereocenters. The van der Waals surface area contributed by atoms with Crippen molar-refractivity contribution < 1.29 is 28.2 Å². The van der Waals surface area contributed by atoms with E-state index in [1.807, 2.05) is 0 Å². The van der Waals surface area contributed by atoms with E-state index in [0.29, 0.717) is 0 Å². The Morgan fingerprint density at radius 3 is 2.32 bits per heavy atom. The van der Waals surface area contributed by atoms with Crippen LogP contribution in [0.4, 0.5) is 4.39 Å². The Balaban J connectivity index is 1.39. The quantitative estimate of drug-likeness (QED) is 0.150. The Hall–Kier alpha value is -2.37. The van der Waals surface area contributed by atoms with Gasteiger partial charge in [-0.2, -0.15) is 0 Å². The summed E-state index contributed by atoms with van der Waals surface area (Å²) in [5.41, 5.74) is -0.112. The highest BCUT2D eigenvalue weighted by Crippen LogP contribution is 2.41. The van der Waals surface area contributed by atoms with Gasteiger partial charge in [-0.3, -0.25) is 0 Å². The van der Waals surface area contributed by atoms with Gasteiger partial charge in [-0.1, -0.05) is 52.0 Å². The lowest BCUT2D eigenvalue weighted by Gasteiger charge is -2.37. The van der Waals surface area contributed by atoms with Gasteiger partial charge in [-0.25, -0.2) is 14.0 Å². The third kappa shape index (κ3) is 7.85. The molecular weight excluding hydrogens is 435 g/mol. The van der Waals surface area contributed by atoms with E-state index < -0.39 is 17.8 Å². The van der Waals surface area contributed by atoms with Crippen molar-refractivity contribution in [3.63, 3.8) is 0 Å². The molecule has 2 aliphatic carbocycles. The van der Waals surface area contributed by atoms with E-state index >= 15 is 0 Å². The summed E-state index contributed by atoms with van der Waals surface area (Å²) in [5.74, 6) is 0.635. The molecule has 34 heavy (non-hydrogen) atoms. The monoisotopic (exact) mass is 474 g/mol. The van der Waals surface area contributed by atoms with Crippen LogP contribution in [0.25, 0.3) is 0 Å². The predicted molar refractivity (Wildman–Crippen MR) is 129 cm³/mol. The van der Waals surface area contributed by atoms with E-state index in [1.165, 1.54) is 63.5 Å². The fraction of sp³-hybridized carbons (Fsp3) is 0.643. The van der Waals surface area contributed by atoms with Crippen LogP contribution in [0.1, 0.15) is 94.3 Å². The molecule has 0 saturated heterocycles. The van der Waals surface area contributed by atoms with Crippen molar-refractivity contribution in [2.75, 3.05) is 6.79 Å². The number of hydrogen-bond acceptors (Lipinski definition) is 5. The van der Waals surface area contributed by atoms with Gasteiger partial charge in [0, 0.05) is 12.1 Å². The molecule has 0 aliphatic heterocycles. The van der Waals surface area contributed by atoms with E-state index in [1.54, 1.807) is 0 Å². The topological polar surface area (TPSA) is 61.8 Å². The molecule has 0 unspecified atom stereocenters. The molecule has 0 radical (unpaired) electrons. The Labute approximate surface area is 203 Å². The molecule has 2 aliphatic rings. The van der Waals surface area contributed by atoms with Crippen molar-refractivity contribution in [1.29, 1.82) is 0 Å². The number of benzene rings is 1. The maximum Gasteiger partial charge on any atom is 0.341 e. The van der Waals surface area contributed by atoms with Gasteiger partial charge in [0.05, 0.1) is 5.56 Å². The van der Waals surface area contributed by atoms with Crippen molar-refractivity contribution in [3.8, 4) is 5.75 Å². The zero-order valence-corrected chi connectivity index (χ0v) is 20.4. The van der Waals surface area contributed by atoms with E-state index in [-0.39, 0.29) is 24.2 Å². The van der Waals surface area contributed by atoms with Crippen LogP contribution in [0, 0.1) is 23.6 Å². The molecule has 3 rings (SSSR count). The molecule has 2 fully saturated rings. The molecule has 6 heteroatoms. The van der Waals surface area contributed by atoms with Crippen molar-refractivity contribution in [2.45, 2.75) is 90.1 Å². The van der Waals surface area contributed by atoms with E-state index in [0.717, 1.165) is 55.6 Å². The van der Waals surface area contributed by atoms with Gasteiger partial charge in [0.25, 0.3) is 0 Å². The van der Waals surface area contributed by atoms with Crippen molar-refractivity contribution >= 4 is 11.9 Å². The standard InChI is InChI=1S/C28H39FO5/c1-3-5-6-7-20-8-10-21(11-9-20)22-12-14-23(15-13-22)34-28(31)25-17-16-24(18-26(25)29)32-19-33-27(30)4-2/h4,16-18,20-23H,2-3,5-15,19H2,1H3. The molecule has 1 aromatic rings. The summed E-state index contributed by atoms with van der Waals surface area (Å²) in [4.78, 5) is 23.5. The van der Waals surface area contributed by atoms with Crippen molar-refractivity contribution in [2.24, 2.45) is 17.8 Å². The molecule has 0 amide bonds. The van der Waals surface area contributed by atoms with Crippen LogP contribution in [-0.4, -0.2) is 24.8 Å². The van der Waals surface area contributed by atoms with Crippen LogP contribution in [0.3, 0.4) is 0 Å². The van der Waals surface area contributed by atoms with E-state index in [2.05, 4.69) is 13.5 Å². The Morgan fingerprint density at radius 2 is 1.71 bits per heavy atom. The van der Waals surface area contributed by atoms with Gasteiger partial charge in [0.2, 0.25) is 6.79 Å². The highest BCUT2D eigenvalue weighted by Gasteiger charge is 2.32. The molecular formula is C28H39FO5. The number of carbonyl (C=O) groups excluding carboxylic acids is 2. The summed E-state index contributed by atoms with van der Waals surface area (Å²) >= 11 is 0. The van der Waals surface area contributed by atoms with Crippen LogP contribution in [0.2, 0.25) is 0 Å². The minimum atomic E-state index is -0.720. The smallest absolute Gasteiger partial charge is 0.341 e. The number of carbonyl (C=O) groups is 2. The van der Waals surface area contributed by atoms with Gasteiger partial charge in [0.15, 0.2) is 0 Å². The molecule has 0 spiro atoms. The summed E-state index contributed by atoms with van der Waals surface area (Å²) in [6, 6.07) is 3.89. The minimum Gasteiger partial charge on any atom is -0.459 e. The maximum absolute atomic E-state index is 14.4. The van der Waals surface area contributed by atoms with Crippen LogP contribution < -0.4 is 4.74 Å². The predicted octanol–water partition coefficient (Wildman–Crippen LogP) is 6.99. The van der Waals surface area contributed by atoms with Crippen LogP contribution in [-0.2, 0) is 14.3 Å². The summed E-state index contributed by atoms with van der Waals surface area (Å²) in [7, 11) is 0. The van der Waals surface area contributed by atoms with Gasteiger partial charge in [0.1, 0.15) is 17.7 Å². The lowest BCUT2D eigenvalue weighted by atomic mass is 9.70. The van der Waals surface area contributed by atoms with E-state index in [4.69, 9.17) is 14.2 Å². The first kappa shape index (κ1) is 26.2. The summed E-state index contributed by atoms with van der Waals surface area (Å²) < 4.78 is 29.9. The molecule has 1 aromatic carbocycles. The minimum absolute atomic E-state index is 0.112. The SMILES string of the molecule is C=CC(=O)OCOc1ccc(C(=O)OC2CCC(C3CCC(CCCCC)CC3)CC2)c(F)c1. The molecule has 0 bridgehead atoms. The third-order valence-electron chi connectivity index (χ3n) is 7.52. The van der Waals surface area contributed by atoms with Gasteiger partial charge in [-0.05, 0) is 68.4 Å². The second kappa shape index (κ2) is 13.5. The number of ether oxygens (including phenoxy) is 3. The van der Waals surface area contributed by atoms with Crippen LogP contribution in [0.5, 0.6) is 5.75 Å². The average Bonchev–Trinajstić information content (AvgIpc) is 2.85. The number of rotatable bonds is 11. The summed E-state index contributed by atoms with van der Waals surface area (Å²) in [5, 5.41) is 0. The van der Waals surface area contributed by atoms with Gasteiger partial charge < -0.3 is 14.2 Å². The largest absolute Gasteiger partial charge is 0.459 e. The fourth-order valence-corrected chi connectivity index (χ4v) is 5.49. The Bertz CT molecular complexity index is 807. The normalized spacial score (nSPS) is 24.8. The van der Waals surface area contributed by atoms with Crippen molar-refractivity contribution in [1.82, 2.24) is 0 Å². The van der Waals surface area contributed by atoms with E-state index in [9.17, 15) is 14.0 Å². The van der Waals surface area contributed by atoms with Crippen LogP contribution >= 0.6 is 0 Å². The molecule has 5 nitrogen and oxygen atoms in total. The lowest BCUT2D eigenvalue weighted by Crippen LogP contribution is -2.30. The second-order valence-electron chi connectivity index (χ2n) is 9.79. The second-order valence-corrected chi connectivity index (χ2v) is 9.79. The number of hydrogen-bond donors (Lipinski definition) is 0. The van der Waals surface area contributed by atoms with Gasteiger partial charge in [-0.15, -0.1) is 0 Å². The maximum atomic E-state index is 14.4. The molecule has 0 heterocycles. The molecule has 188 valence electrons. The summed E-state index contributed by atoms with van der Waals surface area (Å²) in [6.45, 7) is 5.18. The Morgan fingerprint density at radius 1 is 1.03 bits per heavy atom. The average molecular weight is 475 g/mol. The number of esters is 2. The number of unbranched alkanes of at least 4 members (excludes halogenated alkanes) is 2. The van der Waals surface area contributed by atoms with Gasteiger partial charge >= 0.3 is 11.9 Å².